The number of aromatic nitrogens is 1. The predicted molar refractivity (Wildman–Crippen MR) is 183 cm³/mol. The molecular formula is C42H29N. The van der Waals surface area contributed by atoms with Crippen molar-refractivity contribution in [3.05, 3.63) is 151 Å². The quantitative estimate of drug-likeness (QED) is 0.196. The molecule has 1 aliphatic rings. The Morgan fingerprint density at radius 2 is 1.05 bits per heavy atom. The minimum atomic E-state index is -0.0361. The second-order valence-electron chi connectivity index (χ2n) is 12.4. The smallest absolute Gasteiger partial charge is 0.0715 e. The Morgan fingerprint density at radius 3 is 1.88 bits per heavy atom. The summed E-state index contributed by atoms with van der Waals surface area (Å²) in [4.78, 5) is 5.17. The van der Waals surface area contributed by atoms with Gasteiger partial charge in [0.25, 0.3) is 0 Å². The maximum absolute atomic E-state index is 5.17. The third-order valence-corrected chi connectivity index (χ3v) is 9.65. The molecule has 7 aromatic carbocycles. The van der Waals surface area contributed by atoms with Gasteiger partial charge in [-0.2, -0.15) is 0 Å². The maximum atomic E-state index is 5.17. The molecule has 1 aromatic heterocycles. The summed E-state index contributed by atoms with van der Waals surface area (Å²) in [5, 5.41) is 8.95. The lowest BCUT2D eigenvalue weighted by molar-refractivity contribution is 0.661. The first-order valence-electron chi connectivity index (χ1n) is 15.1. The highest BCUT2D eigenvalue weighted by Gasteiger charge is 2.35. The molecule has 0 aliphatic heterocycles. The normalized spacial score (nSPS) is 13.5. The molecule has 43 heavy (non-hydrogen) atoms. The lowest BCUT2D eigenvalue weighted by atomic mass is 9.81. The molecule has 1 nitrogen and oxygen atoms in total. The van der Waals surface area contributed by atoms with Crippen LogP contribution in [0.1, 0.15) is 25.0 Å². The lowest BCUT2D eigenvalue weighted by Crippen LogP contribution is -2.14. The van der Waals surface area contributed by atoms with Crippen LogP contribution in [0.15, 0.2) is 140 Å². The topological polar surface area (TPSA) is 12.9 Å². The van der Waals surface area contributed by atoms with Gasteiger partial charge in [0.05, 0.1) is 11.2 Å². The van der Waals surface area contributed by atoms with E-state index in [0.29, 0.717) is 0 Å². The van der Waals surface area contributed by atoms with E-state index in [0.717, 1.165) is 16.8 Å². The molecule has 0 N–H and O–H groups in total. The van der Waals surface area contributed by atoms with Crippen LogP contribution in [-0.4, -0.2) is 4.98 Å². The van der Waals surface area contributed by atoms with Gasteiger partial charge in [-0.05, 0) is 96.0 Å². The minimum absolute atomic E-state index is 0.0361. The van der Waals surface area contributed by atoms with Crippen LogP contribution in [0.4, 0.5) is 0 Å². The SMILES string of the molecule is CC1(C)c2ccccc2-c2cc3c4ccccc4c4cc(-c5ccc6c(-c7ccccc7)cccc6n5)ccc4c3cc21. The number of hydrogen-bond acceptors (Lipinski definition) is 1. The van der Waals surface area contributed by atoms with Crippen molar-refractivity contribution in [3.8, 4) is 33.5 Å². The summed E-state index contributed by atoms with van der Waals surface area (Å²) in [6.07, 6.45) is 0. The van der Waals surface area contributed by atoms with Crippen LogP contribution in [-0.2, 0) is 5.41 Å². The van der Waals surface area contributed by atoms with Crippen molar-refractivity contribution >= 4 is 43.2 Å². The number of pyridine rings is 1. The van der Waals surface area contributed by atoms with E-state index in [9.17, 15) is 0 Å². The van der Waals surface area contributed by atoms with E-state index in [2.05, 4.69) is 153 Å². The minimum Gasteiger partial charge on any atom is -0.248 e. The number of benzene rings is 7. The first-order valence-corrected chi connectivity index (χ1v) is 15.1. The van der Waals surface area contributed by atoms with Crippen molar-refractivity contribution in [2.45, 2.75) is 19.3 Å². The van der Waals surface area contributed by atoms with E-state index in [4.69, 9.17) is 4.98 Å². The summed E-state index contributed by atoms with van der Waals surface area (Å²) >= 11 is 0. The molecular weight excluding hydrogens is 518 g/mol. The van der Waals surface area contributed by atoms with Crippen LogP contribution >= 0.6 is 0 Å². The Balaban J connectivity index is 1.27. The van der Waals surface area contributed by atoms with E-state index < -0.39 is 0 Å². The zero-order valence-electron chi connectivity index (χ0n) is 24.2. The Morgan fingerprint density at radius 1 is 0.395 bits per heavy atom. The first kappa shape index (κ1) is 24.3. The molecule has 0 amide bonds. The number of fused-ring (bicyclic) bond motifs is 10. The fraction of sp³-hybridized carbons (Fsp3) is 0.0714. The van der Waals surface area contributed by atoms with E-state index >= 15 is 0 Å². The first-order chi connectivity index (χ1) is 21.1. The molecule has 0 bridgehead atoms. The van der Waals surface area contributed by atoms with Crippen molar-refractivity contribution in [3.63, 3.8) is 0 Å². The molecule has 0 radical (unpaired) electrons. The second-order valence-corrected chi connectivity index (χ2v) is 12.4. The largest absolute Gasteiger partial charge is 0.248 e. The van der Waals surface area contributed by atoms with Gasteiger partial charge in [0, 0.05) is 16.4 Å². The predicted octanol–water partition coefficient (Wildman–Crippen LogP) is 11.3. The Labute approximate surface area is 251 Å². The van der Waals surface area contributed by atoms with E-state index in [1.807, 2.05) is 0 Å². The van der Waals surface area contributed by atoms with Crippen molar-refractivity contribution < 1.29 is 0 Å². The maximum Gasteiger partial charge on any atom is 0.0715 e. The van der Waals surface area contributed by atoms with Crippen molar-refractivity contribution in [2.24, 2.45) is 0 Å². The van der Waals surface area contributed by atoms with Gasteiger partial charge >= 0.3 is 0 Å². The van der Waals surface area contributed by atoms with Crippen molar-refractivity contribution in [1.82, 2.24) is 4.98 Å². The zero-order chi connectivity index (χ0) is 28.7. The Hall–Kier alpha value is -5.27. The average molecular weight is 548 g/mol. The van der Waals surface area contributed by atoms with Crippen LogP contribution in [0.3, 0.4) is 0 Å². The molecule has 9 rings (SSSR count). The number of rotatable bonds is 2. The molecule has 1 heterocycles. The molecule has 1 aliphatic carbocycles. The van der Waals surface area contributed by atoms with Gasteiger partial charge in [0.15, 0.2) is 0 Å². The highest BCUT2D eigenvalue weighted by molar-refractivity contribution is 6.26. The summed E-state index contributed by atoms with van der Waals surface area (Å²) in [5.74, 6) is 0. The highest BCUT2D eigenvalue weighted by atomic mass is 14.7. The van der Waals surface area contributed by atoms with E-state index in [-0.39, 0.29) is 5.41 Å². The highest BCUT2D eigenvalue weighted by Crippen LogP contribution is 2.51. The lowest BCUT2D eigenvalue weighted by Gasteiger charge is -2.22. The Kier molecular flexibility index (Phi) is 5.02. The van der Waals surface area contributed by atoms with Gasteiger partial charge < -0.3 is 0 Å². The molecule has 0 saturated carbocycles. The number of hydrogen-bond donors (Lipinski definition) is 0. The van der Waals surface area contributed by atoms with Gasteiger partial charge in [-0.15, -0.1) is 0 Å². The van der Waals surface area contributed by atoms with Crippen molar-refractivity contribution in [2.75, 3.05) is 0 Å². The molecule has 0 atom stereocenters. The molecule has 0 spiro atoms. The monoisotopic (exact) mass is 547 g/mol. The van der Waals surface area contributed by atoms with E-state index in [1.165, 1.54) is 71.1 Å². The number of nitrogens with zero attached hydrogens (tertiary/aromatic N) is 1. The standard InChI is InChI=1S/C42H29N/c1-42(2)38-17-9-8-15-32(38)37-24-35-30-14-7-6-13-29(30)34-23-27(19-20-31(34)36(35)25-39(37)42)40-22-21-33-28(16-10-18-41(33)43-40)26-11-4-3-5-12-26/h3-25H,1-2H3. The van der Waals surface area contributed by atoms with Crippen molar-refractivity contribution in [1.29, 1.82) is 0 Å². The fourth-order valence-corrected chi connectivity index (χ4v) is 7.49. The zero-order valence-corrected chi connectivity index (χ0v) is 24.2. The Bertz CT molecular complexity index is 2410. The molecule has 0 saturated heterocycles. The fourth-order valence-electron chi connectivity index (χ4n) is 7.49. The van der Waals surface area contributed by atoms with Crippen LogP contribution < -0.4 is 0 Å². The van der Waals surface area contributed by atoms with Gasteiger partial charge in [0.1, 0.15) is 0 Å². The molecule has 8 aromatic rings. The molecule has 0 unspecified atom stereocenters. The second kappa shape index (κ2) is 8.86. The van der Waals surface area contributed by atoms with Crippen LogP contribution in [0.25, 0.3) is 76.7 Å². The molecule has 202 valence electrons. The van der Waals surface area contributed by atoms with Gasteiger partial charge in [-0.3, -0.25) is 0 Å². The van der Waals surface area contributed by atoms with Gasteiger partial charge in [0.2, 0.25) is 0 Å². The van der Waals surface area contributed by atoms with Crippen LogP contribution in [0, 0.1) is 0 Å². The van der Waals surface area contributed by atoms with Gasteiger partial charge in [-0.25, -0.2) is 4.98 Å². The van der Waals surface area contributed by atoms with Crippen LogP contribution in [0.2, 0.25) is 0 Å². The summed E-state index contributed by atoms with van der Waals surface area (Å²) < 4.78 is 0. The summed E-state index contributed by atoms with van der Waals surface area (Å²) in [5.41, 5.74) is 11.1. The molecule has 1 heteroatoms. The summed E-state index contributed by atoms with van der Waals surface area (Å²) in [6.45, 7) is 4.72. The molecule has 0 fully saturated rings. The third-order valence-electron chi connectivity index (χ3n) is 9.65. The third kappa shape index (κ3) is 3.49. The van der Waals surface area contributed by atoms with Crippen LogP contribution in [0.5, 0.6) is 0 Å². The van der Waals surface area contributed by atoms with E-state index in [1.54, 1.807) is 0 Å². The van der Waals surface area contributed by atoms with Gasteiger partial charge in [-0.1, -0.05) is 123 Å². The summed E-state index contributed by atoms with van der Waals surface area (Å²) in [7, 11) is 0. The summed E-state index contributed by atoms with van der Waals surface area (Å²) in [6, 6.07) is 51.0. The average Bonchev–Trinajstić information content (AvgIpc) is 3.29.